The highest BCUT2D eigenvalue weighted by molar-refractivity contribution is 5.96. The molecule has 6 heteroatoms. The number of aromatic nitrogens is 2. The van der Waals surface area contributed by atoms with Crippen molar-refractivity contribution < 1.29 is 14.1 Å². The van der Waals surface area contributed by atoms with Crippen LogP contribution in [-0.4, -0.2) is 23.2 Å². The van der Waals surface area contributed by atoms with Gasteiger partial charge in [-0.25, -0.2) is 0 Å². The molecule has 2 aromatic carbocycles. The predicted octanol–water partition coefficient (Wildman–Crippen LogP) is 2.98. The van der Waals surface area contributed by atoms with E-state index < -0.39 is 0 Å². The predicted molar refractivity (Wildman–Crippen MR) is 88.6 cm³/mol. The highest BCUT2D eigenvalue weighted by Gasteiger charge is 2.14. The number of methoxy groups -OCH3 is 1. The van der Waals surface area contributed by atoms with Gasteiger partial charge < -0.3 is 14.6 Å². The van der Waals surface area contributed by atoms with Crippen LogP contribution in [-0.2, 0) is 6.54 Å². The fourth-order valence-corrected chi connectivity index (χ4v) is 2.34. The Morgan fingerprint density at radius 2 is 1.92 bits per heavy atom. The lowest BCUT2D eigenvalue weighted by Crippen LogP contribution is -2.23. The molecule has 0 bridgehead atoms. The lowest BCUT2D eigenvalue weighted by molar-refractivity contribution is 0.0943. The van der Waals surface area contributed by atoms with Crippen LogP contribution in [0.5, 0.6) is 5.75 Å². The minimum Gasteiger partial charge on any atom is -0.496 e. The van der Waals surface area contributed by atoms with Crippen molar-refractivity contribution in [1.82, 2.24) is 15.5 Å². The number of amides is 1. The van der Waals surface area contributed by atoms with Gasteiger partial charge in [0.1, 0.15) is 5.75 Å². The summed E-state index contributed by atoms with van der Waals surface area (Å²) in [5.41, 5.74) is 2.42. The zero-order valence-corrected chi connectivity index (χ0v) is 13.4. The van der Waals surface area contributed by atoms with Crippen LogP contribution in [0.3, 0.4) is 0 Å². The number of rotatable bonds is 5. The first kappa shape index (κ1) is 15.7. The van der Waals surface area contributed by atoms with Crippen LogP contribution in [0.15, 0.2) is 53.1 Å². The maximum atomic E-state index is 12.2. The molecule has 0 saturated carbocycles. The number of benzene rings is 2. The zero-order valence-electron chi connectivity index (χ0n) is 13.4. The van der Waals surface area contributed by atoms with Crippen LogP contribution in [0.1, 0.15) is 21.8 Å². The molecular formula is C18H17N3O3. The number of aryl methyl sites for hydroxylation is 1. The zero-order chi connectivity index (χ0) is 16.9. The summed E-state index contributed by atoms with van der Waals surface area (Å²) in [6.45, 7) is 2.13. The van der Waals surface area contributed by atoms with Gasteiger partial charge in [0.05, 0.1) is 19.2 Å². The molecule has 3 aromatic rings. The first-order chi connectivity index (χ1) is 11.7. The Labute approximate surface area is 139 Å². The molecule has 0 spiro atoms. The first-order valence-electron chi connectivity index (χ1n) is 7.49. The van der Waals surface area contributed by atoms with E-state index in [4.69, 9.17) is 9.26 Å². The average Bonchev–Trinajstić information content (AvgIpc) is 3.08. The molecule has 0 aliphatic carbocycles. The van der Waals surface area contributed by atoms with Gasteiger partial charge in [-0.1, -0.05) is 41.6 Å². The number of hydrogen-bond acceptors (Lipinski definition) is 5. The Balaban J connectivity index is 1.70. The molecular weight excluding hydrogens is 306 g/mol. The lowest BCUT2D eigenvalue weighted by Gasteiger charge is -2.07. The van der Waals surface area contributed by atoms with Gasteiger partial charge in [-0.3, -0.25) is 4.79 Å². The van der Waals surface area contributed by atoms with Crippen molar-refractivity contribution in [3.8, 4) is 17.1 Å². The summed E-state index contributed by atoms with van der Waals surface area (Å²) in [5, 5.41) is 6.72. The van der Waals surface area contributed by atoms with Gasteiger partial charge in [0.25, 0.3) is 5.91 Å². The van der Waals surface area contributed by atoms with Crippen LogP contribution in [0.2, 0.25) is 0 Å². The van der Waals surface area contributed by atoms with Gasteiger partial charge >= 0.3 is 0 Å². The number of carbonyl (C=O) groups excluding carboxylic acids is 1. The van der Waals surface area contributed by atoms with E-state index >= 15 is 0 Å². The van der Waals surface area contributed by atoms with Gasteiger partial charge in [-0.15, -0.1) is 0 Å². The van der Waals surface area contributed by atoms with Crippen molar-refractivity contribution in [3.63, 3.8) is 0 Å². The molecule has 1 N–H and O–H groups in total. The molecule has 0 saturated heterocycles. The summed E-state index contributed by atoms with van der Waals surface area (Å²) in [7, 11) is 1.53. The third-order valence-corrected chi connectivity index (χ3v) is 3.61. The third kappa shape index (κ3) is 3.27. The van der Waals surface area contributed by atoms with E-state index in [-0.39, 0.29) is 12.5 Å². The maximum absolute atomic E-state index is 12.2. The van der Waals surface area contributed by atoms with Gasteiger partial charge in [0.2, 0.25) is 11.7 Å². The van der Waals surface area contributed by atoms with Crippen LogP contribution in [0.4, 0.5) is 0 Å². The Morgan fingerprint density at radius 3 is 2.71 bits per heavy atom. The average molecular weight is 323 g/mol. The molecule has 0 unspecified atom stereocenters. The molecule has 0 aliphatic rings. The second-order valence-corrected chi connectivity index (χ2v) is 5.21. The SMILES string of the molecule is COc1ccccc1C(=O)NCc1nc(-c2ccccc2C)no1. The number of carbonyl (C=O) groups is 1. The Bertz CT molecular complexity index is 858. The Hall–Kier alpha value is -3.15. The van der Waals surface area contributed by atoms with Gasteiger partial charge in [0.15, 0.2) is 0 Å². The Kier molecular flexibility index (Phi) is 4.56. The molecule has 6 nitrogen and oxygen atoms in total. The molecule has 3 rings (SSSR count). The third-order valence-electron chi connectivity index (χ3n) is 3.61. The number of nitrogens with one attached hydrogen (secondary N) is 1. The number of ether oxygens (including phenoxy) is 1. The number of nitrogens with zero attached hydrogens (tertiary/aromatic N) is 2. The maximum Gasteiger partial charge on any atom is 0.255 e. The molecule has 24 heavy (non-hydrogen) atoms. The van der Waals surface area contributed by atoms with Crippen molar-refractivity contribution in [3.05, 3.63) is 65.5 Å². The fourth-order valence-electron chi connectivity index (χ4n) is 2.34. The summed E-state index contributed by atoms with van der Waals surface area (Å²) >= 11 is 0. The smallest absolute Gasteiger partial charge is 0.255 e. The minimum atomic E-state index is -0.261. The second kappa shape index (κ2) is 6.95. The Morgan fingerprint density at radius 1 is 1.17 bits per heavy atom. The van der Waals surface area contributed by atoms with Crippen LogP contribution in [0, 0.1) is 6.92 Å². The standard InChI is InChI=1S/C18H17N3O3/c1-12-7-3-4-8-13(12)17-20-16(24-21-17)11-19-18(22)14-9-5-6-10-15(14)23-2/h3-10H,11H2,1-2H3,(H,19,22). The van der Waals surface area contributed by atoms with Gasteiger partial charge in [0, 0.05) is 5.56 Å². The molecule has 0 fully saturated rings. The van der Waals surface area contributed by atoms with E-state index in [1.807, 2.05) is 37.3 Å². The van der Waals surface area contributed by atoms with Crippen LogP contribution in [0.25, 0.3) is 11.4 Å². The van der Waals surface area contributed by atoms with Crippen molar-refractivity contribution in [2.75, 3.05) is 7.11 Å². The number of hydrogen-bond donors (Lipinski definition) is 1. The summed E-state index contributed by atoms with van der Waals surface area (Å²) in [6.07, 6.45) is 0. The summed E-state index contributed by atoms with van der Waals surface area (Å²) in [5.74, 6) is 1.11. The van der Waals surface area contributed by atoms with Gasteiger partial charge in [-0.2, -0.15) is 4.98 Å². The minimum absolute atomic E-state index is 0.149. The van der Waals surface area contributed by atoms with E-state index in [0.29, 0.717) is 23.0 Å². The largest absolute Gasteiger partial charge is 0.496 e. The molecule has 122 valence electrons. The monoisotopic (exact) mass is 323 g/mol. The number of para-hydroxylation sites is 1. The van der Waals surface area contributed by atoms with E-state index in [0.717, 1.165) is 11.1 Å². The van der Waals surface area contributed by atoms with Crippen molar-refractivity contribution in [2.24, 2.45) is 0 Å². The normalized spacial score (nSPS) is 10.4. The molecule has 1 heterocycles. The molecule has 0 atom stereocenters. The van der Waals surface area contributed by atoms with E-state index in [1.54, 1.807) is 18.2 Å². The first-order valence-corrected chi connectivity index (χ1v) is 7.49. The highest BCUT2D eigenvalue weighted by Crippen LogP contribution is 2.20. The summed E-state index contributed by atoms with van der Waals surface area (Å²) < 4.78 is 10.4. The summed E-state index contributed by atoms with van der Waals surface area (Å²) in [4.78, 5) is 16.6. The molecule has 1 amide bonds. The van der Waals surface area contributed by atoms with Crippen molar-refractivity contribution in [1.29, 1.82) is 0 Å². The topological polar surface area (TPSA) is 77.2 Å². The van der Waals surface area contributed by atoms with E-state index in [9.17, 15) is 4.79 Å². The second-order valence-electron chi connectivity index (χ2n) is 5.21. The van der Waals surface area contributed by atoms with Crippen molar-refractivity contribution in [2.45, 2.75) is 13.5 Å². The van der Waals surface area contributed by atoms with Crippen LogP contribution < -0.4 is 10.1 Å². The van der Waals surface area contributed by atoms with Crippen LogP contribution >= 0.6 is 0 Å². The van der Waals surface area contributed by atoms with Gasteiger partial charge in [-0.05, 0) is 24.6 Å². The lowest BCUT2D eigenvalue weighted by atomic mass is 10.1. The molecule has 0 aliphatic heterocycles. The molecule has 1 aromatic heterocycles. The van der Waals surface area contributed by atoms with Crippen molar-refractivity contribution >= 4 is 5.91 Å². The highest BCUT2D eigenvalue weighted by atomic mass is 16.5. The van der Waals surface area contributed by atoms with E-state index in [1.165, 1.54) is 7.11 Å². The molecule has 0 radical (unpaired) electrons. The fraction of sp³-hybridized carbons (Fsp3) is 0.167. The summed E-state index contributed by atoms with van der Waals surface area (Å²) in [6, 6.07) is 14.8. The quantitative estimate of drug-likeness (QED) is 0.781. The van der Waals surface area contributed by atoms with E-state index in [2.05, 4.69) is 15.5 Å².